The van der Waals surface area contributed by atoms with Gasteiger partial charge in [-0.1, -0.05) is 36.4 Å². The van der Waals surface area contributed by atoms with Gasteiger partial charge in [-0.15, -0.1) is 0 Å². The van der Waals surface area contributed by atoms with E-state index in [2.05, 4.69) is 24.0 Å². The van der Waals surface area contributed by atoms with E-state index in [0.29, 0.717) is 18.7 Å². The number of para-hydroxylation sites is 1. The number of hydrogen-bond donors (Lipinski definition) is 0. The maximum absolute atomic E-state index is 13.7. The first kappa shape index (κ1) is 24.4. The van der Waals surface area contributed by atoms with Crippen molar-refractivity contribution in [3.8, 4) is 5.75 Å². The molecule has 1 aromatic carbocycles. The largest absolute Gasteiger partial charge is 0.494 e. The fraction of sp³-hybridized carbons (Fsp3) is 0.538. The van der Waals surface area contributed by atoms with Crippen LogP contribution in [0.3, 0.4) is 0 Å². The molecule has 34 heavy (non-hydrogen) atoms. The highest BCUT2D eigenvalue weighted by molar-refractivity contribution is 6.06. The number of fused-ring (bicyclic) bond motifs is 1. The number of aromatic nitrogens is 2. The van der Waals surface area contributed by atoms with Gasteiger partial charge >= 0.3 is 0 Å². The summed E-state index contributed by atoms with van der Waals surface area (Å²) in [5, 5.41) is 5.61. The molecule has 1 amide bonds. The molecule has 0 spiro atoms. The topological polar surface area (TPSA) is 69.1 Å². The molecule has 2 heterocycles. The van der Waals surface area contributed by atoms with Crippen LogP contribution in [-0.2, 0) is 16.0 Å². The minimum Gasteiger partial charge on any atom is -0.494 e. The third kappa shape index (κ3) is 5.04. The highest BCUT2D eigenvalue weighted by atomic mass is 16.5. The summed E-state index contributed by atoms with van der Waals surface area (Å²) >= 11 is 0. The Bertz CT molecular complexity index is 1060. The Morgan fingerprint density at radius 2 is 2.03 bits per heavy atom. The number of amides is 1. The number of rotatable bonds is 9. The molecule has 8 heteroatoms. The minimum absolute atomic E-state index is 0.0391. The third-order valence-corrected chi connectivity index (χ3v) is 7.03. The maximum atomic E-state index is 13.7. The predicted molar refractivity (Wildman–Crippen MR) is 132 cm³/mol. The standard InChI is InChI=1S/C26H36N4O4/c1-20(19-26(33-4)11-6-5-7-12-26)28(2)25(31)23-21-9-8-10-22(32-3)24(21)30(27-23)14-13-29-15-17-34-18-16-29/h5-11,20H,12-19H2,1-4H3. The molecule has 2 atom stereocenters. The van der Waals surface area contributed by atoms with E-state index < -0.39 is 5.60 Å². The molecular formula is C26H36N4O4. The first-order chi connectivity index (χ1) is 16.5. The Balaban J connectivity index is 1.57. The number of morpholine rings is 1. The summed E-state index contributed by atoms with van der Waals surface area (Å²) in [6, 6.07) is 5.74. The lowest BCUT2D eigenvalue weighted by molar-refractivity contribution is 0.00792. The zero-order valence-electron chi connectivity index (χ0n) is 20.7. The van der Waals surface area contributed by atoms with Gasteiger partial charge in [-0.05, 0) is 19.4 Å². The van der Waals surface area contributed by atoms with Crippen LogP contribution in [0.25, 0.3) is 10.9 Å². The molecule has 2 aromatic rings. The Morgan fingerprint density at radius 1 is 1.24 bits per heavy atom. The number of hydrogen-bond acceptors (Lipinski definition) is 6. The maximum Gasteiger partial charge on any atom is 0.274 e. The van der Waals surface area contributed by atoms with E-state index in [0.717, 1.165) is 55.9 Å². The quantitative estimate of drug-likeness (QED) is 0.563. The van der Waals surface area contributed by atoms with E-state index >= 15 is 0 Å². The second-order valence-corrected chi connectivity index (χ2v) is 9.11. The van der Waals surface area contributed by atoms with Crippen molar-refractivity contribution >= 4 is 16.8 Å². The van der Waals surface area contributed by atoms with Crippen LogP contribution in [0.15, 0.2) is 42.5 Å². The van der Waals surface area contributed by atoms with E-state index in [1.165, 1.54) is 0 Å². The average Bonchev–Trinajstić information content (AvgIpc) is 3.26. The Morgan fingerprint density at radius 3 is 2.71 bits per heavy atom. The summed E-state index contributed by atoms with van der Waals surface area (Å²) in [6.07, 6.45) is 9.72. The summed E-state index contributed by atoms with van der Waals surface area (Å²) in [4.78, 5) is 17.8. The lowest BCUT2D eigenvalue weighted by atomic mass is 9.88. The number of methoxy groups -OCH3 is 2. The summed E-state index contributed by atoms with van der Waals surface area (Å²) in [6.45, 7) is 6.90. The van der Waals surface area contributed by atoms with E-state index in [4.69, 9.17) is 19.3 Å². The van der Waals surface area contributed by atoms with Gasteiger partial charge in [0.25, 0.3) is 5.91 Å². The van der Waals surface area contributed by atoms with Crippen LogP contribution < -0.4 is 4.74 Å². The van der Waals surface area contributed by atoms with Gasteiger partial charge in [-0.2, -0.15) is 5.10 Å². The first-order valence-electron chi connectivity index (χ1n) is 12.0. The van der Waals surface area contributed by atoms with E-state index in [-0.39, 0.29) is 11.9 Å². The number of carbonyl (C=O) groups is 1. The van der Waals surface area contributed by atoms with Crippen molar-refractivity contribution in [3.63, 3.8) is 0 Å². The summed E-state index contributed by atoms with van der Waals surface area (Å²) in [7, 11) is 5.23. The van der Waals surface area contributed by atoms with Crippen molar-refractivity contribution in [2.75, 3.05) is 54.1 Å². The molecule has 1 aromatic heterocycles. The number of carbonyl (C=O) groups excluding carboxylic acids is 1. The van der Waals surface area contributed by atoms with Crippen molar-refractivity contribution in [1.82, 2.24) is 19.6 Å². The highest BCUT2D eigenvalue weighted by Gasteiger charge is 2.33. The minimum atomic E-state index is -0.397. The molecule has 2 unspecified atom stereocenters. The predicted octanol–water partition coefficient (Wildman–Crippen LogP) is 3.13. The first-order valence-corrected chi connectivity index (χ1v) is 12.0. The lowest BCUT2D eigenvalue weighted by Crippen LogP contribution is -2.42. The normalized spacial score (nSPS) is 21.6. The van der Waals surface area contributed by atoms with Crippen LogP contribution in [0.1, 0.15) is 30.3 Å². The fourth-order valence-corrected chi connectivity index (χ4v) is 4.78. The summed E-state index contributed by atoms with van der Waals surface area (Å²) in [5.41, 5.74) is 0.915. The van der Waals surface area contributed by atoms with Gasteiger partial charge in [-0.3, -0.25) is 14.4 Å². The third-order valence-electron chi connectivity index (χ3n) is 7.03. The fourth-order valence-electron chi connectivity index (χ4n) is 4.78. The van der Waals surface area contributed by atoms with Crippen molar-refractivity contribution in [2.24, 2.45) is 0 Å². The monoisotopic (exact) mass is 468 g/mol. The lowest BCUT2D eigenvalue weighted by Gasteiger charge is -2.35. The second kappa shape index (κ2) is 10.7. The highest BCUT2D eigenvalue weighted by Crippen LogP contribution is 2.31. The molecule has 0 radical (unpaired) electrons. The molecule has 1 aliphatic carbocycles. The van der Waals surface area contributed by atoms with Gasteiger partial charge in [-0.25, -0.2) is 0 Å². The van der Waals surface area contributed by atoms with E-state index in [1.54, 1.807) is 19.1 Å². The number of nitrogens with zero attached hydrogens (tertiary/aromatic N) is 4. The van der Waals surface area contributed by atoms with Gasteiger partial charge in [0.2, 0.25) is 0 Å². The molecule has 8 nitrogen and oxygen atoms in total. The van der Waals surface area contributed by atoms with Gasteiger partial charge in [0.05, 0.1) is 32.5 Å². The molecule has 1 aliphatic heterocycles. The van der Waals surface area contributed by atoms with Gasteiger partial charge < -0.3 is 19.1 Å². The van der Waals surface area contributed by atoms with Crippen LogP contribution in [0, 0.1) is 0 Å². The molecule has 2 aliphatic rings. The van der Waals surface area contributed by atoms with Crippen LogP contribution in [0.2, 0.25) is 0 Å². The number of allylic oxidation sites excluding steroid dienone is 2. The Hall–Kier alpha value is -2.68. The van der Waals surface area contributed by atoms with Crippen LogP contribution in [0.5, 0.6) is 5.75 Å². The average molecular weight is 469 g/mol. The molecule has 184 valence electrons. The van der Waals surface area contributed by atoms with Crippen molar-refractivity contribution in [2.45, 2.75) is 38.0 Å². The summed E-state index contributed by atoms with van der Waals surface area (Å²) < 4.78 is 18.9. The Kier molecular flexibility index (Phi) is 7.70. The van der Waals surface area contributed by atoms with E-state index in [9.17, 15) is 4.79 Å². The molecular weight excluding hydrogens is 432 g/mol. The van der Waals surface area contributed by atoms with Gasteiger partial charge in [0.15, 0.2) is 5.69 Å². The molecule has 1 fully saturated rings. The Labute approximate surface area is 201 Å². The molecule has 0 bridgehead atoms. The molecule has 4 rings (SSSR count). The molecule has 1 saturated heterocycles. The zero-order chi connectivity index (χ0) is 24.1. The van der Waals surface area contributed by atoms with Crippen LogP contribution >= 0.6 is 0 Å². The smallest absolute Gasteiger partial charge is 0.274 e. The SMILES string of the molecule is COc1cccc2c(C(=O)N(C)C(C)CC3(OC)C=CC=CC3)nn(CCN3CCOCC3)c12. The number of ether oxygens (including phenoxy) is 3. The zero-order valence-corrected chi connectivity index (χ0v) is 20.7. The number of benzene rings is 1. The molecule has 0 N–H and O–H groups in total. The molecule has 0 saturated carbocycles. The van der Waals surface area contributed by atoms with E-state index in [1.807, 2.05) is 42.1 Å². The van der Waals surface area contributed by atoms with Gasteiger partial charge in [0, 0.05) is 51.6 Å². The van der Waals surface area contributed by atoms with Crippen LogP contribution in [0.4, 0.5) is 0 Å². The van der Waals surface area contributed by atoms with Crippen molar-refractivity contribution in [1.29, 1.82) is 0 Å². The van der Waals surface area contributed by atoms with Crippen molar-refractivity contribution < 1.29 is 19.0 Å². The van der Waals surface area contributed by atoms with Gasteiger partial charge in [0.1, 0.15) is 11.3 Å². The van der Waals surface area contributed by atoms with Crippen LogP contribution in [-0.4, -0.2) is 91.2 Å². The van der Waals surface area contributed by atoms with Crippen molar-refractivity contribution in [3.05, 3.63) is 48.2 Å². The summed E-state index contributed by atoms with van der Waals surface area (Å²) in [5.74, 6) is 0.622. The second-order valence-electron chi connectivity index (χ2n) is 9.11.